The Bertz CT molecular complexity index is 719. The fourth-order valence-electron chi connectivity index (χ4n) is 3.31. The summed E-state index contributed by atoms with van der Waals surface area (Å²) in [5.74, 6) is 0.716. The molecule has 1 N–H and O–H groups in total. The second kappa shape index (κ2) is 8.90. The molecule has 7 nitrogen and oxygen atoms in total. The lowest BCUT2D eigenvalue weighted by atomic mass is 10.1. The quantitative estimate of drug-likeness (QED) is 0.604. The van der Waals surface area contributed by atoms with Crippen molar-refractivity contribution in [3.8, 4) is 5.75 Å². The van der Waals surface area contributed by atoms with Gasteiger partial charge in [0.15, 0.2) is 0 Å². The maximum absolute atomic E-state index is 12.6. The lowest BCUT2D eigenvalue weighted by molar-refractivity contribution is -0.131. The van der Waals surface area contributed by atoms with Gasteiger partial charge in [0.25, 0.3) is 5.91 Å². The van der Waals surface area contributed by atoms with Crippen molar-refractivity contribution in [3.63, 3.8) is 0 Å². The monoisotopic (exact) mass is 373 g/mol. The molecule has 2 aliphatic heterocycles. The van der Waals surface area contributed by atoms with Crippen LogP contribution in [-0.2, 0) is 9.53 Å². The summed E-state index contributed by atoms with van der Waals surface area (Å²) in [6, 6.07) is 5.32. The van der Waals surface area contributed by atoms with Gasteiger partial charge in [-0.1, -0.05) is 12.2 Å². The van der Waals surface area contributed by atoms with Crippen LogP contribution in [0.1, 0.15) is 23.2 Å². The molecule has 0 aliphatic carbocycles. The molecule has 7 heteroatoms. The van der Waals surface area contributed by atoms with Gasteiger partial charge in [-0.15, -0.1) is 0 Å². The topological polar surface area (TPSA) is 71.1 Å². The number of benzene rings is 1. The van der Waals surface area contributed by atoms with Crippen molar-refractivity contribution in [3.05, 3.63) is 35.9 Å². The van der Waals surface area contributed by atoms with E-state index in [-0.39, 0.29) is 17.9 Å². The van der Waals surface area contributed by atoms with E-state index in [2.05, 4.69) is 11.4 Å². The van der Waals surface area contributed by atoms with Crippen LogP contribution in [0.4, 0.5) is 5.69 Å². The average molecular weight is 373 g/mol. The minimum absolute atomic E-state index is 0.0530. The van der Waals surface area contributed by atoms with Crippen LogP contribution in [0.25, 0.3) is 0 Å². The Labute approximate surface area is 159 Å². The number of methoxy groups -OCH3 is 1. The highest BCUT2D eigenvalue weighted by Gasteiger charge is 2.29. The Morgan fingerprint density at radius 3 is 2.93 bits per heavy atom. The lowest BCUT2D eigenvalue weighted by Gasteiger charge is -2.37. The molecule has 0 saturated carbocycles. The third kappa shape index (κ3) is 4.60. The number of nitrogens with zero attached hydrogens (tertiary/aromatic N) is 2. The number of carbonyl (C=O) groups excluding carboxylic acids is 2. The maximum atomic E-state index is 12.6. The molecular formula is C20H27N3O4. The molecule has 2 aliphatic rings. The number of anilines is 1. The van der Waals surface area contributed by atoms with Gasteiger partial charge in [0, 0.05) is 39.4 Å². The van der Waals surface area contributed by atoms with Gasteiger partial charge in [-0.05, 0) is 24.6 Å². The van der Waals surface area contributed by atoms with Crippen molar-refractivity contribution in [2.24, 2.45) is 0 Å². The van der Waals surface area contributed by atoms with Crippen molar-refractivity contribution in [1.82, 2.24) is 10.2 Å². The molecule has 3 rings (SSSR count). The fourth-order valence-corrected chi connectivity index (χ4v) is 3.31. The molecule has 27 heavy (non-hydrogen) atoms. The van der Waals surface area contributed by atoms with E-state index < -0.39 is 0 Å². The first-order valence-electron chi connectivity index (χ1n) is 9.29. The average Bonchev–Trinajstić information content (AvgIpc) is 2.70. The molecule has 0 bridgehead atoms. The minimum Gasteiger partial charge on any atom is -0.489 e. The van der Waals surface area contributed by atoms with Crippen molar-refractivity contribution in [1.29, 1.82) is 0 Å². The van der Waals surface area contributed by atoms with Crippen molar-refractivity contribution in [2.45, 2.75) is 18.9 Å². The molecule has 1 atom stereocenters. The van der Waals surface area contributed by atoms with Crippen LogP contribution in [0.15, 0.2) is 30.4 Å². The highest BCUT2D eigenvalue weighted by Crippen LogP contribution is 2.34. The first-order chi connectivity index (χ1) is 13.1. The number of fused-ring (bicyclic) bond motifs is 1. The summed E-state index contributed by atoms with van der Waals surface area (Å²) in [4.78, 5) is 28.8. The summed E-state index contributed by atoms with van der Waals surface area (Å²) in [5.41, 5.74) is 1.39. The van der Waals surface area contributed by atoms with E-state index in [1.165, 1.54) is 0 Å². The molecular weight excluding hydrogens is 346 g/mol. The van der Waals surface area contributed by atoms with Gasteiger partial charge in [-0.25, -0.2) is 0 Å². The summed E-state index contributed by atoms with van der Waals surface area (Å²) in [5, 5.41) is 2.82. The predicted molar refractivity (Wildman–Crippen MR) is 103 cm³/mol. The smallest absolute Gasteiger partial charge is 0.251 e. The van der Waals surface area contributed by atoms with E-state index in [1.54, 1.807) is 13.2 Å². The van der Waals surface area contributed by atoms with Crippen LogP contribution in [0.5, 0.6) is 5.75 Å². The van der Waals surface area contributed by atoms with Gasteiger partial charge in [-0.2, -0.15) is 0 Å². The van der Waals surface area contributed by atoms with Crippen molar-refractivity contribution in [2.75, 3.05) is 51.9 Å². The van der Waals surface area contributed by atoms with Crippen molar-refractivity contribution >= 4 is 17.5 Å². The van der Waals surface area contributed by atoms with Gasteiger partial charge < -0.3 is 24.6 Å². The summed E-state index contributed by atoms with van der Waals surface area (Å²) in [6.07, 6.45) is 5.45. The number of hydrogen-bond donors (Lipinski definition) is 1. The highest BCUT2D eigenvalue weighted by molar-refractivity contribution is 5.95. The molecule has 1 unspecified atom stereocenters. The molecule has 0 aromatic heterocycles. The maximum Gasteiger partial charge on any atom is 0.251 e. The number of nitrogens with one attached hydrogen (secondary N) is 1. The normalized spacial score (nSPS) is 18.7. The molecule has 2 heterocycles. The van der Waals surface area contributed by atoms with Crippen molar-refractivity contribution < 1.29 is 19.1 Å². The molecule has 146 valence electrons. The van der Waals surface area contributed by atoms with Gasteiger partial charge in [0.1, 0.15) is 12.4 Å². The summed E-state index contributed by atoms with van der Waals surface area (Å²) in [6.45, 7) is 2.83. The number of likely N-dealkylation sites (N-methyl/N-ethyl adjacent to an activating group) is 1. The van der Waals surface area contributed by atoms with E-state index in [0.29, 0.717) is 38.3 Å². The first-order valence-corrected chi connectivity index (χ1v) is 9.29. The van der Waals surface area contributed by atoms with E-state index in [0.717, 1.165) is 24.4 Å². The Balaban J connectivity index is 1.67. The molecule has 0 spiro atoms. The fraction of sp³-hybridized carbons (Fsp3) is 0.500. The molecule has 1 aromatic carbocycles. The minimum atomic E-state index is -0.151. The number of amides is 2. The van der Waals surface area contributed by atoms with Gasteiger partial charge >= 0.3 is 0 Å². The molecule has 0 saturated heterocycles. The predicted octanol–water partition coefficient (Wildman–Crippen LogP) is 1.44. The van der Waals surface area contributed by atoms with Crippen LogP contribution in [0.2, 0.25) is 0 Å². The third-order valence-electron chi connectivity index (χ3n) is 4.99. The van der Waals surface area contributed by atoms with Crippen LogP contribution in [-0.4, -0.2) is 69.8 Å². The van der Waals surface area contributed by atoms with E-state index in [1.807, 2.05) is 35.1 Å². The highest BCUT2D eigenvalue weighted by atomic mass is 16.5. The first kappa shape index (κ1) is 19.2. The zero-order valence-corrected chi connectivity index (χ0v) is 15.9. The Morgan fingerprint density at radius 1 is 1.33 bits per heavy atom. The number of rotatable bonds is 6. The zero-order chi connectivity index (χ0) is 19.2. The summed E-state index contributed by atoms with van der Waals surface area (Å²) < 4.78 is 10.8. The zero-order valence-electron chi connectivity index (χ0n) is 15.9. The molecule has 2 amide bonds. The largest absolute Gasteiger partial charge is 0.489 e. The van der Waals surface area contributed by atoms with Gasteiger partial charge in [0.2, 0.25) is 5.91 Å². The van der Waals surface area contributed by atoms with Crippen LogP contribution < -0.4 is 15.0 Å². The van der Waals surface area contributed by atoms with Gasteiger partial charge in [0.05, 0.1) is 24.8 Å². The Morgan fingerprint density at radius 2 is 2.19 bits per heavy atom. The summed E-state index contributed by atoms with van der Waals surface area (Å²) >= 11 is 0. The second-order valence-corrected chi connectivity index (χ2v) is 6.81. The molecule has 0 fully saturated rings. The molecule has 0 radical (unpaired) electrons. The van der Waals surface area contributed by atoms with E-state index in [9.17, 15) is 9.59 Å². The summed E-state index contributed by atoms with van der Waals surface area (Å²) in [7, 11) is 3.54. The number of ether oxygens (including phenoxy) is 2. The second-order valence-electron chi connectivity index (χ2n) is 6.81. The lowest BCUT2D eigenvalue weighted by Crippen LogP contribution is -2.45. The Kier molecular flexibility index (Phi) is 6.34. The van der Waals surface area contributed by atoms with E-state index in [4.69, 9.17) is 9.47 Å². The SMILES string of the molecule is COCCNC(=O)c1ccc2c(c1)N(C)C(CC(=O)N1CC=CCC1)CO2. The number of hydrogen-bond acceptors (Lipinski definition) is 5. The van der Waals surface area contributed by atoms with E-state index >= 15 is 0 Å². The third-order valence-corrected chi connectivity index (χ3v) is 4.99. The van der Waals surface area contributed by atoms with Crippen LogP contribution >= 0.6 is 0 Å². The molecule has 1 aromatic rings. The van der Waals surface area contributed by atoms with Crippen LogP contribution in [0, 0.1) is 0 Å². The van der Waals surface area contributed by atoms with Gasteiger partial charge in [-0.3, -0.25) is 9.59 Å². The standard InChI is InChI=1S/C20H27N3O4/c1-22-16(13-19(24)23-9-4-3-5-10-23)14-27-18-7-6-15(12-17(18)22)20(25)21-8-11-26-2/h3-4,6-7,12,16H,5,8-11,13-14H2,1-2H3,(H,21,25). The van der Waals surface area contributed by atoms with Crippen LogP contribution in [0.3, 0.4) is 0 Å². The Hall–Kier alpha value is -2.54. The number of carbonyl (C=O) groups is 2.